The first-order valence-corrected chi connectivity index (χ1v) is 10.1. The molecule has 27 heavy (non-hydrogen) atoms. The number of hydrogen-bond acceptors (Lipinski definition) is 5. The summed E-state index contributed by atoms with van der Waals surface area (Å²) in [6.07, 6.45) is 4.47. The maximum absolute atomic E-state index is 13.1. The van der Waals surface area contributed by atoms with E-state index in [0.717, 1.165) is 37.8 Å². The highest BCUT2D eigenvalue weighted by atomic mass is 16.5. The number of rotatable bonds is 10. The van der Waals surface area contributed by atoms with Gasteiger partial charge in [-0.05, 0) is 57.9 Å². The normalized spacial score (nSPS) is 22.4. The Kier molecular flexibility index (Phi) is 8.51. The van der Waals surface area contributed by atoms with Crippen LogP contribution in [0.3, 0.4) is 0 Å². The van der Waals surface area contributed by atoms with Gasteiger partial charge in [-0.1, -0.05) is 13.8 Å². The van der Waals surface area contributed by atoms with Gasteiger partial charge in [-0.3, -0.25) is 4.79 Å². The highest BCUT2D eigenvalue weighted by Gasteiger charge is 2.42. The Balaban J connectivity index is 2.01. The average molecular weight is 379 g/mol. The van der Waals surface area contributed by atoms with Crippen molar-refractivity contribution in [2.45, 2.75) is 65.4 Å². The number of ether oxygens (including phenoxy) is 3. The van der Waals surface area contributed by atoms with E-state index in [1.165, 1.54) is 0 Å². The Bertz CT molecular complexity index is 592. The van der Waals surface area contributed by atoms with Crippen LogP contribution in [0.4, 0.5) is 5.69 Å². The van der Waals surface area contributed by atoms with Crippen LogP contribution in [0.1, 0.15) is 58.6 Å². The minimum Gasteiger partial charge on any atom is -0.475 e. The molecule has 1 heterocycles. The fourth-order valence-corrected chi connectivity index (χ4v) is 3.30. The van der Waals surface area contributed by atoms with Crippen LogP contribution in [0.15, 0.2) is 12.1 Å². The van der Waals surface area contributed by atoms with Crippen LogP contribution >= 0.6 is 0 Å². The predicted molar refractivity (Wildman–Crippen MR) is 106 cm³/mol. The third kappa shape index (κ3) is 6.18. The van der Waals surface area contributed by atoms with Crippen LogP contribution in [-0.4, -0.2) is 42.9 Å². The summed E-state index contributed by atoms with van der Waals surface area (Å²) in [6, 6.07) is 3.62. The van der Waals surface area contributed by atoms with E-state index in [0.29, 0.717) is 43.9 Å². The molecule has 6 nitrogen and oxygen atoms in total. The molecule has 1 N–H and O–H groups in total. The van der Waals surface area contributed by atoms with Crippen LogP contribution in [0.25, 0.3) is 0 Å². The van der Waals surface area contributed by atoms with Gasteiger partial charge in [0.05, 0.1) is 18.0 Å². The van der Waals surface area contributed by atoms with Crippen molar-refractivity contribution < 1.29 is 19.0 Å². The second-order valence-electron chi connectivity index (χ2n) is 7.31. The molecule has 1 amide bonds. The lowest BCUT2D eigenvalue weighted by molar-refractivity contribution is -0.147. The van der Waals surface area contributed by atoms with Gasteiger partial charge in [-0.25, -0.2) is 4.98 Å². The summed E-state index contributed by atoms with van der Waals surface area (Å²) >= 11 is 0. The fraction of sp³-hybridized carbons (Fsp3) is 0.714. The van der Waals surface area contributed by atoms with E-state index in [1.807, 2.05) is 19.9 Å². The van der Waals surface area contributed by atoms with Crippen LogP contribution in [0, 0.1) is 12.8 Å². The summed E-state index contributed by atoms with van der Waals surface area (Å²) in [6.45, 7) is 10.4. The van der Waals surface area contributed by atoms with E-state index < -0.39 is 5.60 Å². The SMILES string of the molecule is CCCOC1(C(=O)Nc2ccc(OCCOCC)nc2C)CCC(C)CC1. The highest BCUT2D eigenvalue weighted by molar-refractivity contribution is 5.97. The van der Waals surface area contributed by atoms with Crippen molar-refractivity contribution in [3.05, 3.63) is 17.8 Å². The molecule has 1 aliphatic rings. The van der Waals surface area contributed by atoms with Crippen LogP contribution in [-0.2, 0) is 14.3 Å². The Hall–Kier alpha value is -1.66. The van der Waals surface area contributed by atoms with Crippen LogP contribution < -0.4 is 10.1 Å². The number of carbonyl (C=O) groups is 1. The maximum atomic E-state index is 13.1. The lowest BCUT2D eigenvalue weighted by atomic mass is 9.78. The summed E-state index contributed by atoms with van der Waals surface area (Å²) in [5.74, 6) is 1.12. The number of aryl methyl sites for hydroxylation is 1. The molecule has 6 heteroatoms. The Morgan fingerprint density at radius 2 is 1.96 bits per heavy atom. The second kappa shape index (κ2) is 10.6. The molecule has 1 aliphatic carbocycles. The molecule has 0 saturated heterocycles. The number of nitrogens with one attached hydrogen (secondary N) is 1. The van der Waals surface area contributed by atoms with Crippen molar-refractivity contribution >= 4 is 11.6 Å². The monoisotopic (exact) mass is 378 g/mol. The maximum Gasteiger partial charge on any atom is 0.256 e. The molecule has 0 spiro atoms. The number of carbonyl (C=O) groups excluding carboxylic acids is 1. The minimum atomic E-state index is -0.721. The quantitative estimate of drug-likeness (QED) is 0.620. The minimum absolute atomic E-state index is 0.0576. The molecule has 1 saturated carbocycles. The molecule has 0 aromatic carbocycles. The van der Waals surface area contributed by atoms with E-state index in [-0.39, 0.29) is 5.91 Å². The molecular weight excluding hydrogens is 344 g/mol. The lowest BCUT2D eigenvalue weighted by Gasteiger charge is -2.38. The van der Waals surface area contributed by atoms with Gasteiger partial charge in [-0.2, -0.15) is 0 Å². The van der Waals surface area contributed by atoms with Crippen molar-refractivity contribution in [1.82, 2.24) is 4.98 Å². The molecule has 0 bridgehead atoms. The smallest absolute Gasteiger partial charge is 0.256 e. The van der Waals surface area contributed by atoms with E-state index in [1.54, 1.807) is 6.07 Å². The van der Waals surface area contributed by atoms with Gasteiger partial charge in [0, 0.05) is 19.3 Å². The molecule has 0 aliphatic heterocycles. The highest BCUT2D eigenvalue weighted by Crippen LogP contribution is 2.36. The third-order valence-corrected chi connectivity index (χ3v) is 5.07. The zero-order valence-electron chi connectivity index (χ0n) is 17.2. The molecular formula is C21H34N2O4. The summed E-state index contributed by atoms with van der Waals surface area (Å²) in [5, 5.41) is 3.04. The van der Waals surface area contributed by atoms with Gasteiger partial charge in [-0.15, -0.1) is 0 Å². The van der Waals surface area contributed by atoms with Crippen molar-refractivity contribution in [2.75, 3.05) is 31.7 Å². The Morgan fingerprint density at radius 1 is 1.22 bits per heavy atom. The molecule has 0 unspecified atom stereocenters. The summed E-state index contributed by atoms with van der Waals surface area (Å²) in [4.78, 5) is 17.5. The molecule has 0 radical (unpaired) electrons. The zero-order chi connectivity index (χ0) is 19.7. The number of nitrogens with zero attached hydrogens (tertiary/aromatic N) is 1. The number of anilines is 1. The van der Waals surface area contributed by atoms with Crippen molar-refractivity contribution in [1.29, 1.82) is 0 Å². The van der Waals surface area contributed by atoms with Crippen LogP contribution in [0.2, 0.25) is 0 Å². The van der Waals surface area contributed by atoms with Crippen molar-refractivity contribution in [3.63, 3.8) is 0 Å². The van der Waals surface area contributed by atoms with Gasteiger partial charge >= 0.3 is 0 Å². The van der Waals surface area contributed by atoms with Crippen molar-refractivity contribution in [3.8, 4) is 5.88 Å². The fourth-order valence-electron chi connectivity index (χ4n) is 3.30. The van der Waals surface area contributed by atoms with Gasteiger partial charge < -0.3 is 19.5 Å². The third-order valence-electron chi connectivity index (χ3n) is 5.07. The number of pyridine rings is 1. The average Bonchev–Trinajstić information content (AvgIpc) is 2.67. The lowest BCUT2D eigenvalue weighted by Crippen LogP contribution is -2.48. The molecule has 1 aromatic heterocycles. The van der Waals surface area contributed by atoms with Gasteiger partial charge in [0.2, 0.25) is 5.88 Å². The largest absolute Gasteiger partial charge is 0.475 e. The molecule has 2 rings (SSSR count). The number of aromatic nitrogens is 1. The summed E-state index contributed by atoms with van der Waals surface area (Å²) in [5.41, 5.74) is 0.712. The molecule has 1 aromatic rings. The van der Waals surface area contributed by atoms with Gasteiger partial charge in [0.1, 0.15) is 12.2 Å². The van der Waals surface area contributed by atoms with E-state index >= 15 is 0 Å². The van der Waals surface area contributed by atoms with E-state index in [4.69, 9.17) is 14.2 Å². The molecule has 152 valence electrons. The first-order chi connectivity index (χ1) is 13.0. The Morgan fingerprint density at radius 3 is 2.59 bits per heavy atom. The molecule has 1 fully saturated rings. The predicted octanol–water partition coefficient (Wildman–Crippen LogP) is 4.12. The first kappa shape index (κ1) is 21.6. The number of hydrogen-bond donors (Lipinski definition) is 1. The zero-order valence-corrected chi connectivity index (χ0v) is 17.2. The Labute approximate surface area is 163 Å². The van der Waals surface area contributed by atoms with Crippen LogP contribution in [0.5, 0.6) is 5.88 Å². The van der Waals surface area contributed by atoms with E-state index in [9.17, 15) is 4.79 Å². The standard InChI is InChI=1S/C21H34N2O4/c1-5-13-27-21(11-9-16(3)10-12-21)20(24)23-18-7-8-19(22-17(18)4)26-15-14-25-6-2/h7-8,16H,5-6,9-15H2,1-4H3,(H,23,24). The first-order valence-electron chi connectivity index (χ1n) is 10.1. The van der Waals surface area contributed by atoms with E-state index in [2.05, 4.69) is 24.1 Å². The molecule has 0 atom stereocenters. The summed E-state index contributed by atoms with van der Waals surface area (Å²) in [7, 11) is 0. The topological polar surface area (TPSA) is 69.7 Å². The van der Waals surface area contributed by atoms with Gasteiger partial charge in [0.15, 0.2) is 0 Å². The number of amides is 1. The van der Waals surface area contributed by atoms with Crippen molar-refractivity contribution in [2.24, 2.45) is 5.92 Å². The summed E-state index contributed by atoms with van der Waals surface area (Å²) < 4.78 is 16.9. The second-order valence-corrected chi connectivity index (χ2v) is 7.31. The van der Waals surface area contributed by atoms with Gasteiger partial charge in [0.25, 0.3) is 5.91 Å².